The Hall–Kier alpha value is -1.01. The highest BCUT2D eigenvalue weighted by atomic mass is 35.5. The zero-order valence-electron chi connectivity index (χ0n) is 13.5. The molecule has 0 saturated heterocycles. The average Bonchev–Trinajstić information content (AvgIpc) is 2.42. The number of nitrogens with one attached hydrogen (secondary N) is 1. The average molecular weight is 364 g/mol. The van der Waals surface area contributed by atoms with E-state index in [2.05, 4.69) is 5.32 Å². The van der Waals surface area contributed by atoms with Crippen LogP contribution in [0.4, 0.5) is 0 Å². The summed E-state index contributed by atoms with van der Waals surface area (Å²) in [5.41, 5.74) is -0.327. The second-order valence-corrected chi connectivity index (χ2v) is 7.33. The minimum atomic E-state index is -0.646. The van der Waals surface area contributed by atoms with Gasteiger partial charge >= 0.3 is 0 Å². The number of benzene rings is 1. The van der Waals surface area contributed by atoms with Crippen LogP contribution in [0.1, 0.15) is 27.2 Å². The highest BCUT2D eigenvalue weighted by Gasteiger charge is 2.26. The van der Waals surface area contributed by atoms with Crippen molar-refractivity contribution >= 4 is 29.1 Å². The maximum absolute atomic E-state index is 11.9. The van der Waals surface area contributed by atoms with E-state index in [1.165, 1.54) is 0 Å². The lowest BCUT2D eigenvalue weighted by atomic mass is 9.85. The van der Waals surface area contributed by atoms with E-state index in [0.29, 0.717) is 15.8 Å². The van der Waals surface area contributed by atoms with Gasteiger partial charge in [0, 0.05) is 10.0 Å². The first-order valence-electron chi connectivity index (χ1n) is 7.29. The standard InChI is InChI=1S/C16H23Cl2NO4/c1-16(2,3)14(21)7-12(8-20)19-15(22)9-23-13-5-10(17)4-11(18)6-13/h4-6,12,14,20-21H,7-9H2,1-3H3,(H,19,22)/t12-,14-/m1/s1. The van der Waals surface area contributed by atoms with Gasteiger partial charge in [-0.1, -0.05) is 44.0 Å². The van der Waals surface area contributed by atoms with Crippen LogP contribution in [0.2, 0.25) is 10.0 Å². The maximum atomic E-state index is 11.9. The third-order valence-corrected chi connectivity index (χ3v) is 3.74. The van der Waals surface area contributed by atoms with Crippen LogP contribution in [0.3, 0.4) is 0 Å². The van der Waals surface area contributed by atoms with Crippen LogP contribution < -0.4 is 10.1 Å². The fourth-order valence-electron chi connectivity index (χ4n) is 1.83. The SMILES string of the molecule is CC(C)(C)[C@H](O)C[C@H](CO)NC(=O)COc1cc(Cl)cc(Cl)c1. The van der Waals surface area contributed by atoms with Gasteiger partial charge in [-0.05, 0) is 30.0 Å². The lowest BCUT2D eigenvalue weighted by molar-refractivity contribution is -0.124. The molecule has 0 saturated carbocycles. The van der Waals surface area contributed by atoms with Gasteiger partial charge in [0.25, 0.3) is 5.91 Å². The van der Waals surface area contributed by atoms with Crippen molar-refractivity contribution in [2.24, 2.45) is 5.41 Å². The third-order valence-electron chi connectivity index (χ3n) is 3.30. The van der Waals surface area contributed by atoms with Gasteiger partial charge in [0.15, 0.2) is 6.61 Å². The molecule has 2 atom stereocenters. The van der Waals surface area contributed by atoms with Crippen molar-refractivity contribution in [1.29, 1.82) is 0 Å². The quantitative estimate of drug-likeness (QED) is 0.695. The van der Waals surface area contributed by atoms with Crippen LogP contribution >= 0.6 is 23.2 Å². The Balaban J connectivity index is 2.50. The van der Waals surface area contributed by atoms with Crippen LogP contribution in [0.15, 0.2) is 18.2 Å². The molecule has 1 aromatic rings. The van der Waals surface area contributed by atoms with Gasteiger partial charge in [0.1, 0.15) is 5.75 Å². The van der Waals surface area contributed by atoms with Crippen LogP contribution in [0.5, 0.6) is 5.75 Å². The molecule has 5 nitrogen and oxygen atoms in total. The van der Waals surface area contributed by atoms with Gasteiger partial charge in [-0.2, -0.15) is 0 Å². The maximum Gasteiger partial charge on any atom is 0.258 e. The summed E-state index contributed by atoms with van der Waals surface area (Å²) < 4.78 is 5.32. The van der Waals surface area contributed by atoms with Crippen LogP contribution in [-0.4, -0.2) is 41.5 Å². The molecule has 0 aliphatic carbocycles. The van der Waals surface area contributed by atoms with Crippen LogP contribution in [0, 0.1) is 5.41 Å². The van der Waals surface area contributed by atoms with Gasteiger partial charge in [0.05, 0.1) is 18.8 Å². The molecule has 7 heteroatoms. The number of halogens is 2. The molecular weight excluding hydrogens is 341 g/mol. The van der Waals surface area contributed by atoms with E-state index >= 15 is 0 Å². The summed E-state index contributed by atoms with van der Waals surface area (Å²) in [4.78, 5) is 11.9. The summed E-state index contributed by atoms with van der Waals surface area (Å²) in [6, 6.07) is 4.12. The lowest BCUT2D eigenvalue weighted by Crippen LogP contribution is -2.44. The molecule has 0 unspecified atom stereocenters. The Bertz CT molecular complexity index is 511. The third kappa shape index (κ3) is 7.40. The Morgan fingerprint density at radius 3 is 2.30 bits per heavy atom. The van der Waals surface area contributed by atoms with E-state index in [9.17, 15) is 15.0 Å². The summed E-state index contributed by atoms with van der Waals surface area (Å²) in [6.45, 7) is 5.17. The highest BCUT2D eigenvalue weighted by molar-refractivity contribution is 6.34. The second-order valence-electron chi connectivity index (χ2n) is 6.46. The minimum Gasteiger partial charge on any atom is -0.484 e. The zero-order valence-corrected chi connectivity index (χ0v) is 15.0. The van der Waals surface area contributed by atoms with Gasteiger partial charge in [-0.3, -0.25) is 4.79 Å². The number of rotatable bonds is 7. The molecule has 1 amide bonds. The van der Waals surface area contributed by atoms with Crippen molar-refractivity contribution in [3.8, 4) is 5.75 Å². The number of hydrogen-bond acceptors (Lipinski definition) is 4. The number of aliphatic hydroxyl groups is 2. The molecule has 0 spiro atoms. The molecule has 0 aliphatic rings. The van der Waals surface area contributed by atoms with E-state index in [1.54, 1.807) is 18.2 Å². The number of ether oxygens (including phenoxy) is 1. The summed E-state index contributed by atoms with van der Waals surface area (Å²) in [5, 5.41) is 22.8. The Kier molecular flexibility index (Phi) is 7.61. The fraction of sp³-hybridized carbons (Fsp3) is 0.562. The zero-order chi connectivity index (χ0) is 17.6. The number of carbonyl (C=O) groups excluding carboxylic acids is 1. The molecule has 130 valence electrons. The number of hydrogen-bond donors (Lipinski definition) is 3. The number of aliphatic hydroxyl groups excluding tert-OH is 2. The van der Waals surface area contributed by atoms with Crippen LogP contribution in [-0.2, 0) is 4.79 Å². The molecule has 0 bridgehead atoms. The van der Waals surface area contributed by atoms with E-state index in [-0.39, 0.29) is 25.0 Å². The molecule has 1 aromatic carbocycles. The van der Waals surface area contributed by atoms with Crippen molar-refractivity contribution in [1.82, 2.24) is 5.32 Å². The van der Waals surface area contributed by atoms with Crippen LogP contribution in [0.25, 0.3) is 0 Å². The molecular formula is C16H23Cl2NO4. The molecule has 0 heterocycles. The Morgan fingerprint density at radius 2 is 1.83 bits per heavy atom. The summed E-state index contributed by atoms with van der Waals surface area (Å²) >= 11 is 11.7. The van der Waals surface area contributed by atoms with Gasteiger partial charge in [0.2, 0.25) is 0 Å². The molecule has 23 heavy (non-hydrogen) atoms. The fourth-order valence-corrected chi connectivity index (χ4v) is 2.34. The Labute approximate surface area is 146 Å². The highest BCUT2D eigenvalue weighted by Crippen LogP contribution is 2.24. The predicted molar refractivity (Wildman–Crippen MR) is 91.1 cm³/mol. The van der Waals surface area contributed by atoms with Crippen molar-refractivity contribution in [3.05, 3.63) is 28.2 Å². The molecule has 0 radical (unpaired) electrons. The van der Waals surface area contributed by atoms with Crippen molar-refractivity contribution in [3.63, 3.8) is 0 Å². The van der Waals surface area contributed by atoms with E-state index in [0.717, 1.165) is 0 Å². The minimum absolute atomic E-state index is 0.237. The Morgan fingerprint density at radius 1 is 1.26 bits per heavy atom. The van der Waals surface area contributed by atoms with Gasteiger partial charge < -0.3 is 20.3 Å². The normalized spacial score (nSPS) is 14.2. The largest absolute Gasteiger partial charge is 0.484 e. The first-order chi connectivity index (χ1) is 10.6. The van der Waals surface area contributed by atoms with Crippen molar-refractivity contribution < 1.29 is 19.7 Å². The van der Waals surface area contributed by atoms with Crippen molar-refractivity contribution in [2.45, 2.75) is 39.3 Å². The smallest absolute Gasteiger partial charge is 0.258 e. The monoisotopic (exact) mass is 363 g/mol. The van der Waals surface area contributed by atoms with E-state index in [1.807, 2.05) is 20.8 Å². The van der Waals surface area contributed by atoms with E-state index < -0.39 is 18.1 Å². The second kappa shape index (κ2) is 8.73. The number of amides is 1. The molecule has 0 aromatic heterocycles. The van der Waals surface area contributed by atoms with Crippen molar-refractivity contribution in [2.75, 3.05) is 13.2 Å². The molecule has 0 aliphatic heterocycles. The van der Waals surface area contributed by atoms with Gasteiger partial charge in [-0.25, -0.2) is 0 Å². The number of carbonyl (C=O) groups is 1. The lowest BCUT2D eigenvalue weighted by Gasteiger charge is -2.29. The van der Waals surface area contributed by atoms with E-state index in [4.69, 9.17) is 27.9 Å². The molecule has 3 N–H and O–H groups in total. The first kappa shape index (κ1) is 20.0. The predicted octanol–water partition coefficient (Wildman–Crippen LogP) is 2.65. The first-order valence-corrected chi connectivity index (χ1v) is 8.04. The summed E-state index contributed by atoms with van der Waals surface area (Å²) in [7, 11) is 0. The molecule has 1 rings (SSSR count). The van der Waals surface area contributed by atoms with Gasteiger partial charge in [-0.15, -0.1) is 0 Å². The summed E-state index contributed by atoms with van der Waals surface area (Å²) in [5.74, 6) is -0.0193. The summed E-state index contributed by atoms with van der Waals surface area (Å²) in [6.07, 6.45) is -0.387. The topological polar surface area (TPSA) is 78.8 Å². The molecule has 0 fully saturated rings.